The van der Waals surface area contributed by atoms with Crippen molar-refractivity contribution in [2.45, 2.75) is 65.3 Å². The molecule has 0 bridgehead atoms. The molecule has 1 amide bonds. The highest BCUT2D eigenvalue weighted by Gasteiger charge is 2.53. The van der Waals surface area contributed by atoms with E-state index in [1.807, 2.05) is 27.7 Å². The van der Waals surface area contributed by atoms with Crippen LogP contribution < -0.4 is 10.9 Å². The molecule has 1 saturated heterocycles. The van der Waals surface area contributed by atoms with Crippen molar-refractivity contribution in [3.8, 4) is 0 Å². The van der Waals surface area contributed by atoms with Gasteiger partial charge in [0.1, 0.15) is 11.4 Å². The maximum absolute atomic E-state index is 11.9. The smallest absolute Gasteiger partial charge is 0.444 e. The van der Waals surface area contributed by atoms with E-state index < -0.39 is 30.0 Å². The molecule has 1 aliphatic rings. The summed E-state index contributed by atoms with van der Waals surface area (Å²) in [5.41, 5.74) is -1.18. The highest BCUT2D eigenvalue weighted by atomic mass is 35.5. The normalized spacial score (nSPS) is 19.2. The van der Waals surface area contributed by atoms with Gasteiger partial charge in [-0.25, -0.2) is 9.78 Å². The number of halogens is 1. The van der Waals surface area contributed by atoms with Crippen LogP contribution in [0.2, 0.25) is 5.02 Å². The van der Waals surface area contributed by atoms with Crippen LogP contribution in [0.5, 0.6) is 0 Å². The van der Waals surface area contributed by atoms with Crippen molar-refractivity contribution >= 4 is 36.2 Å². The van der Waals surface area contributed by atoms with Crippen molar-refractivity contribution in [3.05, 3.63) is 17.2 Å². The van der Waals surface area contributed by atoms with E-state index in [4.69, 9.17) is 25.6 Å². The fourth-order valence-corrected chi connectivity index (χ4v) is 2.25. The van der Waals surface area contributed by atoms with Crippen LogP contribution in [0.25, 0.3) is 0 Å². The first-order valence-corrected chi connectivity index (χ1v) is 8.21. The van der Waals surface area contributed by atoms with Gasteiger partial charge in [-0.2, -0.15) is 0 Å². The molecule has 132 valence electrons. The average molecular weight is 355 g/mol. The Morgan fingerprint density at radius 2 is 1.75 bits per heavy atom. The first kappa shape index (κ1) is 19.0. The lowest BCUT2D eigenvalue weighted by atomic mass is 9.84. The first-order chi connectivity index (χ1) is 10.8. The lowest BCUT2D eigenvalue weighted by molar-refractivity contribution is 0.00578. The number of pyridine rings is 1. The van der Waals surface area contributed by atoms with Gasteiger partial charge in [-0.1, -0.05) is 11.6 Å². The molecule has 1 N–H and O–H groups in total. The van der Waals surface area contributed by atoms with Gasteiger partial charge in [0.25, 0.3) is 0 Å². The number of anilines is 1. The molecule has 0 saturated carbocycles. The lowest BCUT2D eigenvalue weighted by Crippen LogP contribution is -2.41. The van der Waals surface area contributed by atoms with Gasteiger partial charge in [-0.15, -0.1) is 0 Å². The summed E-state index contributed by atoms with van der Waals surface area (Å²) in [6.45, 7) is 13.2. The molecule has 2 heterocycles. The molecule has 8 heteroatoms. The molecular weight excluding hydrogens is 330 g/mol. The molecule has 1 aromatic heterocycles. The minimum absolute atomic E-state index is 0.318. The van der Waals surface area contributed by atoms with Crippen LogP contribution in [-0.2, 0) is 14.0 Å². The van der Waals surface area contributed by atoms with E-state index >= 15 is 0 Å². The summed E-state index contributed by atoms with van der Waals surface area (Å²) in [5.74, 6) is 0.318. The van der Waals surface area contributed by atoms with E-state index in [0.717, 1.165) is 0 Å². The third-order valence-corrected chi connectivity index (χ3v) is 4.30. The van der Waals surface area contributed by atoms with Crippen molar-refractivity contribution in [2.75, 3.05) is 5.32 Å². The highest BCUT2D eigenvalue weighted by Crippen LogP contribution is 2.36. The van der Waals surface area contributed by atoms with Gasteiger partial charge < -0.3 is 14.0 Å². The highest BCUT2D eigenvalue weighted by molar-refractivity contribution is 6.64. The average Bonchev–Trinajstić information content (AvgIpc) is 2.58. The fraction of sp³-hybridized carbons (Fsp3) is 0.625. The van der Waals surface area contributed by atoms with E-state index in [1.54, 1.807) is 32.9 Å². The Balaban J connectivity index is 2.20. The number of ether oxygens (including phenoxy) is 1. The number of hydrogen-bond acceptors (Lipinski definition) is 5. The number of carbonyl (C=O) groups excluding carboxylic acids is 1. The Morgan fingerprint density at radius 3 is 2.25 bits per heavy atom. The van der Waals surface area contributed by atoms with Crippen molar-refractivity contribution in [3.63, 3.8) is 0 Å². The van der Waals surface area contributed by atoms with Crippen LogP contribution in [-0.4, -0.2) is 35.0 Å². The Labute approximate surface area is 148 Å². The predicted molar refractivity (Wildman–Crippen MR) is 94.8 cm³/mol. The SMILES string of the molecule is CC(C)(C)OC(=O)Nc1ccc(Cl)c(B2OC(C)(C)C(C)(C)O2)n1. The first-order valence-electron chi connectivity index (χ1n) is 7.83. The minimum atomic E-state index is -0.706. The number of amides is 1. The number of carbonyl (C=O) groups is 1. The molecule has 1 fully saturated rings. The standard InChI is InChI=1S/C16H24BClN2O4/c1-14(2,3)22-13(21)20-11-9-8-10(18)12(19-11)17-23-15(4,5)16(6,7)24-17/h8-9H,1-7H3,(H,19,20,21). The van der Waals surface area contributed by atoms with Crippen LogP contribution in [0.4, 0.5) is 10.6 Å². The zero-order chi connectivity index (χ0) is 18.3. The second kappa shape index (κ2) is 6.21. The van der Waals surface area contributed by atoms with Crippen molar-refractivity contribution < 1.29 is 18.8 Å². The molecule has 24 heavy (non-hydrogen) atoms. The summed E-state index contributed by atoms with van der Waals surface area (Å²) in [4.78, 5) is 16.2. The molecule has 0 radical (unpaired) electrons. The van der Waals surface area contributed by atoms with Crippen molar-refractivity contribution in [2.24, 2.45) is 0 Å². The molecule has 0 aliphatic carbocycles. The van der Waals surface area contributed by atoms with E-state index in [0.29, 0.717) is 16.4 Å². The van der Waals surface area contributed by atoms with Crippen LogP contribution in [0, 0.1) is 0 Å². The Morgan fingerprint density at radius 1 is 1.21 bits per heavy atom. The number of nitrogens with zero attached hydrogens (tertiary/aromatic N) is 1. The topological polar surface area (TPSA) is 69.7 Å². The van der Waals surface area contributed by atoms with Gasteiger partial charge in [0.15, 0.2) is 0 Å². The van der Waals surface area contributed by atoms with Crippen molar-refractivity contribution in [1.82, 2.24) is 4.98 Å². The van der Waals surface area contributed by atoms with Gasteiger partial charge in [-0.05, 0) is 60.6 Å². The molecule has 6 nitrogen and oxygen atoms in total. The minimum Gasteiger partial charge on any atom is -0.444 e. The van der Waals surface area contributed by atoms with Gasteiger partial charge in [-0.3, -0.25) is 5.32 Å². The molecule has 0 aromatic carbocycles. The fourth-order valence-electron chi connectivity index (χ4n) is 2.06. The van der Waals surface area contributed by atoms with E-state index in [2.05, 4.69) is 10.3 Å². The quantitative estimate of drug-likeness (QED) is 0.825. The maximum Gasteiger partial charge on any atom is 0.516 e. The van der Waals surface area contributed by atoms with Crippen LogP contribution in [0.1, 0.15) is 48.5 Å². The number of aromatic nitrogens is 1. The Kier molecular flexibility index (Phi) is 4.92. The Hall–Kier alpha value is -1.31. The molecule has 2 rings (SSSR count). The molecule has 0 spiro atoms. The summed E-state index contributed by atoms with van der Waals surface area (Å²) in [6, 6.07) is 3.24. The summed E-state index contributed by atoms with van der Waals surface area (Å²) in [6.07, 6.45) is -0.586. The van der Waals surface area contributed by atoms with E-state index in [9.17, 15) is 4.79 Å². The largest absolute Gasteiger partial charge is 0.516 e. The number of hydrogen-bond donors (Lipinski definition) is 1. The predicted octanol–water partition coefficient (Wildman–Crippen LogP) is 3.38. The molecular formula is C16H24BClN2O4. The summed E-state index contributed by atoms with van der Waals surface area (Å²) in [7, 11) is -0.706. The van der Waals surface area contributed by atoms with Crippen LogP contribution in [0.3, 0.4) is 0 Å². The van der Waals surface area contributed by atoms with Crippen molar-refractivity contribution in [1.29, 1.82) is 0 Å². The second-order valence-electron chi connectivity index (χ2n) is 7.78. The molecule has 1 aliphatic heterocycles. The summed E-state index contributed by atoms with van der Waals surface area (Å²) in [5, 5.41) is 2.99. The summed E-state index contributed by atoms with van der Waals surface area (Å²) < 4.78 is 17.1. The van der Waals surface area contributed by atoms with E-state index in [-0.39, 0.29) is 0 Å². The zero-order valence-corrected chi connectivity index (χ0v) is 15.9. The van der Waals surface area contributed by atoms with Gasteiger partial charge in [0, 0.05) is 0 Å². The monoisotopic (exact) mass is 354 g/mol. The lowest BCUT2D eigenvalue weighted by Gasteiger charge is -2.32. The van der Waals surface area contributed by atoms with Gasteiger partial charge >= 0.3 is 13.2 Å². The van der Waals surface area contributed by atoms with Gasteiger partial charge in [0.05, 0.1) is 21.8 Å². The third kappa shape index (κ3) is 4.20. The molecule has 1 aromatic rings. The molecule has 0 atom stereocenters. The number of nitrogens with one attached hydrogen (secondary N) is 1. The van der Waals surface area contributed by atoms with Gasteiger partial charge in [0.2, 0.25) is 0 Å². The Bertz CT molecular complexity index is 627. The van der Waals surface area contributed by atoms with Crippen LogP contribution in [0.15, 0.2) is 12.1 Å². The van der Waals surface area contributed by atoms with E-state index in [1.165, 1.54) is 0 Å². The van der Waals surface area contributed by atoms with Crippen LogP contribution >= 0.6 is 11.6 Å². The zero-order valence-electron chi connectivity index (χ0n) is 15.2. The molecule has 0 unspecified atom stereocenters. The second-order valence-corrected chi connectivity index (χ2v) is 8.19. The third-order valence-electron chi connectivity index (χ3n) is 3.98. The summed E-state index contributed by atoms with van der Waals surface area (Å²) >= 11 is 6.24. The maximum atomic E-state index is 11.9. The number of rotatable bonds is 2.